The fraction of sp³-hybridized carbons (Fsp3) is 0.556. The molecule has 0 radical (unpaired) electrons. The molecule has 0 nitrogen and oxygen atoms in total. The Bertz CT molecular complexity index is 184. The maximum atomic E-state index is 2.38. The second-order valence-corrected chi connectivity index (χ2v) is 3.06. The van der Waals surface area contributed by atoms with Crippen LogP contribution in [0.2, 0.25) is 0 Å². The maximum absolute atomic E-state index is 2.38. The van der Waals surface area contributed by atoms with Crippen LogP contribution in [0, 0.1) is 5.92 Å². The molecule has 1 fully saturated rings. The highest BCUT2D eigenvalue weighted by Crippen LogP contribution is 2.39. The van der Waals surface area contributed by atoms with Crippen molar-refractivity contribution >= 4 is 0 Å². The van der Waals surface area contributed by atoms with Crippen LogP contribution >= 0.6 is 0 Å². The van der Waals surface area contributed by atoms with Gasteiger partial charge in [0.25, 0.3) is 0 Å². The van der Waals surface area contributed by atoms with Crippen LogP contribution in [0.3, 0.4) is 0 Å². The quantitative estimate of drug-likeness (QED) is 0.461. The molecule has 48 valence electrons. The van der Waals surface area contributed by atoms with Gasteiger partial charge in [-0.25, -0.2) is 0 Å². The van der Waals surface area contributed by atoms with Gasteiger partial charge in [-0.15, -0.1) is 0 Å². The fourth-order valence-corrected chi connectivity index (χ4v) is 1.87. The van der Waals surface area contributed by atoms with E-state index < -0.39 is 0 Å². The van der Waals surface area contributed by atoms with E-state index in [1.807, 2.05) is 0 Å². The van der Waals surface area contributed by atoms with Crippen molar-refractivity contribution in [1.29, 1.82) is 0 Å². The minimum absolute atomic E-state index is 0.860. The highest BCUT2D eigenvalue weighted by Gasteiger charge is 2.22. The van der Waals surface area contributed by atoms with Crippen molar-refractivity contribution in [2.75, 3.05) is 0 Å². The Morgan fingerprint density at radius 1 is 1.44 bits per heavy atom. The van der Waals surface area contributed by atoms with Gasteiger partial charge in [-0.3, -0.25) is 0 Å². The van der Waals surface area contributed by atoms with Gasteiger partial charge >= 0.3 is 0 Å². The van der Waals surface area contributed by atoms with Crippen molar-refractivity contribution in [1.82, 2.24) is 0 Å². The third kappa shape index (κ3) is 0.658. The lowest BCUT2D eigenvalue weighted by Gasteiger charge is -1.99. The van der Waals surface area contributed by atoms with E-state index in [2.05, 4.69) is 19.1 Å². The van der Waals surface area contributed by atoms with Gasteiger partial charge in [-0.1, -0.05) is 19.1 Å². The topological polar surface area (TPSA) is 0 Å². The predicted molar refractivity (Wildman–Crippen MR) is 39.2 cm³/mol. The van der Waals surface area contributed by atoms with Crippen LogP contribution in [-0.2, 0) is 0 Å². The minimum Gasteiger partial charge on any atom is -0.0772 e. The van der Waals surface area contributed by atoms with Crippen molar-refractivity contribution in [3.05, 3.63) is 23.3 Å². The van der Waals surface area contributed by atoms with E-state index in [0.717, 1.165) is 5.92 Å². The number of rotatable bonds is 0. The van der Waals surface area contributed by atoms with Crippen molar-refractivity contribution < 1.29 is 0 Å². The summed E-state index contributed by atoms with van der Waals surface area (Å²) in [5.41, 5.74) is 3.29. The lowest BCUT2D eigenvalue weighted by Crippen LogP contribution is -1.86. The Kier molecular flexibility index (Phi) is 1.01. The molecule has 0 aromatic rings. The smallest absolute Gasteiger partial charge is 0.0157 e. The van der Waals surface area contributed by atoms with E-state index >= 15 is 0 Å². The average molecular weight is 120 g/mol. The molecule has 0 N–H and O–H groups in total. The summed E-state index contributed by atoms with van der Waals surface area (Å²) in [6, 6.07) is 0. The molecule has 0 amide bonds. The Morgan fingerprint density at radius 2 is 2.33 bits per heavy atom. The van der Waals surface area contributed by atoms with Gasteiger partial charge in [0.05, 0.1) is 0 Å². The monoisotopic (exact) mass is 120 g/mol. The second kappa shape index (κ2) is 1.73. The molecule has 9 heavy (non-hydrogen) atoms. The molecular weight excluding hydrogens is 108 g/mol. The molecule has 0 aromatic heterocycles. The van der Waals surface area contributed by atoms with Crippen molar-refractivity contribution in [3.63, 3.8) is 0 Å². The molecule has 1 unspecified atom stereocenters. The molecule has 0 heterocycles. The molecule has 0 spiro atoms. The van der Waals surface area contributed by atoms with E-state index in [0.29, 0.717) is 0 Å². The standard InChI is InChI=1S/C9H12/c1-7-5-6-8-3-2-4-9(7)8/h3-4,7H,2,5-6H2,1H3. The summed E-state index contributed by atoms with van der Waals surface area (Å²) in [4.78, 5) is 0. The third-order valence-corrected chi connectivity index (χ3v) is 2.45. The maximum Gasteiger partial charge on any atom is -0.0157 e. The summed E-state index contributed by atoms with van der Waals surface area (Å²) in [6.45, 7) is 2.33. The minimum atomic E-state index is 0.860. The van der Waals surface area contributed by atoms with Crippen LogP contribution in [0.5, 0.6) is 0 Å². The Labute approximate surface area is 56.3 Å². The predicted octanol–water partition coefficient (Wildman–Crippen LogP) is 2.67. The lowest BCUT2D eigenvalue weighted by molar-refractivity contribution is 0.695. The average Bonchev–Trinajstić information content (AvgIpc) is 2.35. The third-order valence-electron chi connectivity index (χ3n) is 2.45. The van der Waals surface area contributed by atoms with E-state index in [9.17, 15) is 0 Å². The van der Waals surface area contributed by atoms with Crippen LogP contribution in [0.4, 0.5) is 0 Å². The normalized spacial score (nSPS) is 31.9. The molecule has 1 atom stereocenters. The van der Waals surface area contributed by atoms with Gasteiger partial charge in [-0.2, -0.15) is 0 Å². The van der Waals surface area contributed by atoms with Crippen LogP contribution in [0.1, 0.15) is 26.2 Å². The van der Waals surface area contributed by atoms with Gasteiger partial charge in [0, 0.05) is 0 Å². The lowest BCUT2D eigenvalue weighted by atomic mass is 10.1. The Morgan fingerprint density at radius 3 is 3.11 bits per heavy atom. The zero-order chi connectivity index (χ0) is 6.27. The first-order chi connectivity index (χ1) is 4.38. The summed E-state index contributed by atoms with van der Waals surface area (Å²) in [6.07, 6.45) is 8.69. The first kappa shape index (κ1) is 5.28. The van der Waals surface area contributed by atoms with Crippen LogP contribution < -0.4 is 0 Å². The Hall–Kier alpha value is -0.520. The van der Waals surface area contributed by atoms with E-state index in [1.54, 1.807) is 11.1 Å². The number of allylic oxidation sites excluding steroid dienone is 4. The summed E-state index contributed by atoms with van der Waals surface area (Å²) in [5, 5.41) is 0. The molecule has 2 aliphatic rings. The number of hydrogen-bond donors (Lipinski definition) is 0. The highest BCUT2D eigenvalue weighted by atomic mass is 14.3. The first-order valence-corrected chi connectivity index (χ1v) is 3.77. The van der Waals surface area contributed by atoms with Crippen LogP contribution in [0.25, 0.3) is 0 Å². The van der Waals surface area contributed by atoms with Crippen LogP contribution in [0.15, 0.2) is 23.3 Å². The van der Waals surface area contributed by atoms with Gasteiger partial charge < -0.3 is 0 Å². The SMILES string of the molecule is CC1CCC2=CCC=C21. The van der Waals surface area contributed by atoms with Gasteiger partial charge in [0.15, 0.2) is 0 Å². The fourth-order valence-electron chi connectivity index (χ4n) is 1.87. The molecule has 0 bridgehead atoms. The zero-order valence-corrected chi connectivity index (χ0v) is 5.85. The van der Waals surface area contributed by atoms with E-state index in [1.165, 1.54) is 19.3 Å². The molecule has 2 rings (SSSR count). The van der Waals surface area contributed by atoms with Crippen molar-refractivity contribution in [2.24, 2.45) is 5.92 Å². The van der Waals surface area contributed by atoms with Gasteiger partial charge in [0.2, 0.25) is 0 Å². The molecular formula is C9H12. The summed E-state index contributed by atoms with van der Waals surface area (Å²) < 4.78 is 0. The van der Waals surface area contributed by atoms with E-state index in [4.69, 9.17) is 0 Å². The Balaban J connectivity index is 2.35. The molecule has 1 saturated carbocycles. The number of hydrogen-bond acceptors (Lipinski definition) is 0. The summed E-state index contributed by atoms with van der Waals surface area (Å²) >= 11 is 0. The molecule has 2 aliphatic carbocycles. The first-order valence-electron chi connectivity index (χ1n) is 3.77. The zero-order valence-electron chi connectivity index (χ0n) is 5.85. The van der Waals surface area contributed by atoms with Crippen molar-refractivity contribution in [3.8, 4) is 0 Å². The molecule has 0 saturated heterocycles. The molecule has 0 heteroatoms. The number of fused-ring (bicyclic) bond motifs is 1. The van der Waals surface area contributed by atoms with Gasteiger partial charge in [-0.05, 0) is 36.3 Å². The summed E-state index contributed by atoms with van der Waals surface area (Å²) in [5.74, 6) is 0.860. The molecule has 0 aromatic carbocycles. The molecule has 0 aliphatic heterocycles. The van der Waals surface area contributed by atoms with Crippen molar-refractivity contribution in [2.45, 2.75) is 26.2 Å². The largest absolute Gasteiger partial charge is 0.0772 e. The second-order valence-electron chi connectivity index (χ2n) is 3.06. The van der Waals surface area contributed by atoms with Crippen LogP contribution in [-0.4, -0.2) is 0 Å². The summed E-state index contributed by atoms with van der Waals surface area (Å²) in [7, 11) is 0. The highest BCUT2D eigenvalue weighted by molar-refractivity contribution is 5.41. The van der Waals surface area contributed by atoms with E-state index in [-0.39, 0.29) is 0 Å². The van der Waals surface area contributed by atoms with Gasteiger partial charge in [0.1, 0.15) is 0 Å².